The predicted molar refractivity (Wildman–Crippen MR) is 65.2 cm³/mol. The van der Waals surface area contributed by atoms with Crippen LogP contribution in [-0.4, -0.2) is 34.5 Å². The maximum Gasteiger partial charge on any atom is 0.446 e. The van der Waals surface area contributed by atoms with E-state index in [2.05, 4.69) is 4.74 Å². The first-order valence-electron chi connectivity index (χ1n) is 5.96. The average molecular weight is 402 g/mol. The molecule has 0 radical (unpaired) electrons. The normalized spacial score (nSPS) is 13.7. The highest BCUT2D eigenvalue weighted by molar-refractivity contribution is 8.00. The minimum Gasteiger partial charge on any atom is -0.458 e. The van der Waals surface area contributed by atoms with Crippen LogP contribution in [0.3, 0.4) is 0 Å². The molecule has 0 unspecified atom stereocenters. The van der Waals surface area contributed by atoms with E-state index >= 15 is 0 Å². The maximum absolute atomic E-state index is 12.5. The van der Waals surface area contributed by atoms with Gasteiger partial charge in [0.2, 0.25) is 0 Å². The number of esters is 1. The van der Waals surface area contributed by atoms with Crippen molar-refractivity contribution < 1.29 is 54.2 Å². The van der Waals surface area contributed by atoms with Gasteiger partial charge in [-0.25, -0.2) is 4.79 Å². The molecule has 0 spiro atoms. The Bertz CT molecular complexity index is 607. The number of ether oxygens (including phenoxy) is 1. The van der Waals surface area contributed by atoms with Crippen molar-refractivity contribution in [3.05, 3.63) is 29.8 Å². The SMILES string of the molecule is O=C(OCc1ccccc1SC(F)(F)F)C(O)(C(F)(F)F)C(F)(F)F. The molecule has 1 N–H and O–H groups in total. The minimum absolute atomic E-state index is 0.495. The summed E-state index contributed by atoms with van der Waals surface area (Å²) in [6.45, 7) is -1.34. The highest BCUT2D eigenvalue weighted by Crippen LogP contribution is 2.44. The number of benzene rings is 1. The molecule has 0 aliphatic rings. The summed E-state index contributed by atoms with van der Waals surface area (Å²) in [6.07, 6.45) is -12.9. The standard InChI is InChI=1S/C12H7F9O3S/c13-10(14,15)9(23,11(16,17)18)8(22)24-5-6-3-1-2-4-7(6)25-12(19,20)21/h1-4,23H,5H2. The average Bonchev–Trinajstić information content (AvgIpc) is 2.41. The number of carbonyl (C=O) groups is 1. The van der Waals surface area contributed by atoms with Gasteiger partial charge in [0, 0.05) is 10.5 Å². The van der Waals surface area contributed by atoms with Crippen molar-refractivity contribution in [2.45, 2.75) is 35.0 Å². The van der Waals surface area contributed by atoms with E-state index in [4.69, 9.17) is 5.11 Å². The van der Waals surface area contributed by atoms with Gasteiger partial charge in [0.1, 0.15) is 6.61 Å². The summed E-state index contributed by atoms with van der Waals surface area (Å²) in [5.41, 5.74) is -11.1. The lowest BCUT2D eigenvalue weighted by atomic mass is 10.0. The van der Waals surface area contributed by atoms with E-state index in [1.54, 1.807) is 0 Å². The molecule has 0 heterocycles. The number of alkyl halides is 9. The number of rotatable bonds is 4. The van der Waals surface area contributed by atoms with Crippen LogP contribution < -0.4 is 0 Å². The van der Waals surface area contributed by atoms with Crippen molar-refractivity contribution in [3.8, 4) is 0 Å². The fourth-order valence-electron chi connectivity index (χ4n) is 1.49. The lowest BCUT2D eigenvalue weighted by Gasteiger charge is -2.29. The maximum atomic E-state index is 12.5. The molecule has 0 aromatic heterocycles. The van der Waals surface area contributed by atoms with E-state index in [-0.39, 0.29) is 0 Å². The Kier molecular flexibility index (Phi) is 5.94. The highest BCUT2D eigenvalue weighted by Gasteiger charge is 2.76. The summed E-state index contributed by atoms with van der Waals surface area (Å²) in [6, 6.07) is 4.03. The van der Waals surface area contributed by atoms with E-state index in [0.29, 0.717) is 0 Å². The summed E-state index contributed by atoms with van der Waals surface area (Å²) in [4.78, 5) is 10.6. The minimum atomic E-state index is -6.44. The lowest BCUT2D eigenvalue weighted by molar-refractivity contribution is -0.357. The van der Waals surface area contributed by atoms with Gasteiger partial charge in [-0.2, -0.15) is 39.5 Å². The molecule has 0 amide bonds. The molecule has 25 heavy (non-hydrogen) atoms. The van der Waals surface area contributed by atoms with Crippen molar-refractivity contribution in [1.29, 1.82) is 0 Å². The molecular weight excluding hydrogens is 395 g/mol. The van der Waals surface area contributed by atoms with Gasteiger partial charge in [-0.1, -0.05) is 18.2 Å². The van der Waals surface area contributed by atoms with Gasteiger partial charge in [-0.3, -0.25) is 0 Å². The van der Waals surface area contributed by atoms with Crippen LogP contribution in [0.2, 0.25) is 0 Å². The molecule has 0 fully saturated rings. The van der Waals surface area contributed by atoms with Crippen LogP contribution in [-0.2, 0) is 16.1 Å². The predicted octanol–water partition coefficient (Wildman–Crippen LogP) is 4.20. The molecule has 0 aliphatic heterocycles. The second kappa shape index (κ2) is 6.94. The van der Waals surface area contributed by atoms with Crippen LogP contribution in [0.4, 0.5) is 39.5 Å². The van der Waals surface area contributed by atoms with Crippen molar-refractivity contribution in [3.63, 3.8) is 0 Å². The Morgan fingerprint density at radius 1 is 0.960 bits per heavy atom. The molecule has 0 saturated carbocycles. The largest absolute Gasteiger partial charge is 0.458 e. The van der Waals surface area contributed by atoms with Crippen LogP contribution in [0, 0.1) is 0 Å². The van der Waals surface area contributed by atoms with Gasteiger partial charge in [0.05, 0.1) is 0 Å². The third kappa shape index (κ3) is 4.93. The first-order valence-corrected chi connectivity index (χ1v) is 6.78. The summed E-state index contributed by atoms with van der Waals surface area (Å²) in [5.74, 6) is -3.10. The van der Waals surface area contributed by atoms with E-state index in [1.165, 1.54) is 0 Å². The monoisotopic (exact) mass is 402 g/mol. The van der Waals surface area contributed by atoms with Crippen LogP contribution in [0.15, 0.2) is 29.2 Å². The van der Waals surface area contributed by atoms with Crippen molar-refractivity contribution >= 4 is 17.7 Å². The lowest BCUT2D eigenvalue weighted by Crippen LogP contribution is -2.62. The number of hydrogen-bond donors (Lipinski definition) is 1. The molecule has 142 valence electrons. The molecule has 0 aliphatic carbocycles. The molecule has 0 atom stereocenters. The number of carbonyl (C=O) groups excluding carboxylic acids is 1. The van der Waals surface area contributed by atoms with Crippen molar-refractivity contribution in [2.24, 2.45) is 0 Å². The quantitative estimate of drug-likeness (QED) is 0.466. The van der Waals surface area contributed by atoms with Gasteiger partial charge in [0.25, 0.3) is 0 Å². The zero-order chi connectivity index (χ0) is 19.7. The molecule has 1 aromatic carbocycles. The van der Waals surface area contributed by atoms with Crippen LogP contribution in [0.1, 0.15) is 5.56 Å². The smallest absolute Gasteiger partial charge is 0.446 e. The molecule has 1 rings (SSSR count). The Morgan fingerprint density at radius 2 is 1.44 bits per heavy atom. The number of thioether (sulfide) groups is 1. The number of aliphatic hydroxyl groups is 1. The molecule has 13 heteroatoms. The van der Waals surface area contributed by atoms with Crippen molar-refractivity contribution in [2.75, 3.05) is 0 Å². The Balaban J connectivity index is 3.03. The Hall–Kier alpha value is -1.63. The van der Waals surface area contributed by atoms with E-state index in [9.17, 15) is 44.3 Å². The van der Waals surface area contributed by atoms with Gasteiger partial charge < -0.3 is 9.84 Å². The summed E-state index contributed by atoms with van der Waals surface area (Å²) in [5, 5.41) is 8.78. The molecule has 0 bridgehead atoms. The fraction of sp³-hybridized carbons (Fsp3) is 0.417. The summed E-state index contributed by atoms with van der Waals surface area (Å²) in [7, 11) is 0. The second-order valence-electron chi connectivity index (χ2n) is 4.44. The van der Waals surface area contributed by atoms with Crippen LogP contribution in [0.25, 0.3) is 0 Å². The zero-order valence-corrected chi connectivity index (χ0v) is 12.4. The topological polar surface area (TPSA) is 46.5 Å². The fourth-order valence-corrected chi connectivity index (χ4v) is 2.14. The first kappa shape index (κ1) is 21.4. The summed E-state index contributed by atoms with van der Waals surface area (Å²) >= 11 is -0.701. The van der Waals surface area contributed by atoms with Gasteiger partial charge in [-0.15, -0.1) is 0 Å². The Labute approximate surface area is 137 Å². The van der Waals surface area contributed by atoms with Crippen molar-refractivity contribution in [1.82, 2.24) is 0 Å². The third-order valence-electron chi connectivity index (χ3n) is 2.67. The third-order valence-corrected chi connectivity index (χ3v) is 3.52. The van der Waals surface area contributed by atoms with Crippen LogP contribution in [0.5, 0.6) is 0 Å². The first-order chi connectivity index (χ1) is 11.1. The molecule has 0 saturated heterocycles. The second-order valence-corrected chi connectivity index (χ2v) is 5.54. The van der Waals surface area contributed by atoms with E-state index in [1.807, 2.05) is 0 Å². The summed E-state index contributed by atoms with van der Waals surface area (Å²) < 4.78 is 116. The van der Waals surface area contributed by atoms with E-state index < -0.39 is 58.3 Å². The van der Waals surface area contributed by atoms with Crippen LogP contribution >= 0.6 is 11.8 Å². The highest BCUT2D eigenvalue weighted by atomic mass is 32.2. The van der Waals surface area contributed by atoms with Gasteiger partial charge in [-0.05, 0) is 17.8 Å². The zero-order valence-electron chi connectivity index (χ0n) is 11.6. The van der Waals surface area contributed by atoms with Gasteiger partial charge in [0.15, 0.2) is 0 Å². The van der Waals surface area contributed by atoms with Gasteiger partial charge >= 0.3 is 29.4 Å². The van der Waals surface area contributed by atoms with E-state index in [0.717, 1.165) is 24.3 Å². The number of hydrogen-bond acceptors (Lipinski definition) is 4. The molecular formula is C12H7F9O3S. The Morgan fingerprint density at radius 3 is 1.88 bits per heavy atom. The number of halogens is 9. The molecule has 3 nitrogen and oxygen atoms in total. The molecule has 1 aromatic rings.